The molecule has 0 saturated heterocycles. The molecule has 0 aliphatic rings. The maximum absolute atomic E-state index is 5.36. The van der Waals surface area contributed by atoms with Gasteiger partial charge in [-0.05, 0) is 19.9 Å². The first kappa shape index (κ1) is 15.8. The molecule has 0 N–H and O–H groups in total. The van der Waals surface area contributed by atoms with Gasteiger partial charge in [0.05, 0.1) is 6.61 Å². The zero-order valence-corrected chi connectivity index (χ0v) is 13.4. The molecule has 4 nitrogen and oxygen atoms in total. The SMILES string of the molecule is C=CCn1c(SCCOCC)nnc1-c1cccc(C)c1. The minimum atomic E-state index is 0.702. The largest absolute Gasteiger partial charge is 0.381 e. The zero-order chi connectivity index (χ0) is 15.1. The van der Waals surface area contributed by atoms with Gasteiger partial charge in [0.2, 0.25) is 0 Å². The van der Waals surface area contributed by atoms with Crippen molar-refractivity contribution in [1.29, 1.82) is 0 Å². The van der Waals surface area contributed by atoms with E-state index in [0.717, 1.165) is 35.5 Å². The van der Waals surface area contributed by atoms with Gasteiger partial charge in [-0.1, -0.05) is 41.6 Å². The van der Waals surface area contributed by atoms with Crippen LogP contribution in [0.25, 0.3) is 11.4 Å². The van der Waals surface area contributed by atoms with E-state index in [4.69, 9.17) is 4.74 Å². The Morgan fingerprint density at radius 3 is 2.95 bits per heavy atom. The van der Waals surface area contributed by atoms with Crippen molar-refractivity contribution in [3.63, 3.8) is 0 Å². The average Bonchev–Trinajstić information content (AvgIpc) is 2.87. The molecule has 5 heteroatoms. The van der Waals surface area contributed by atoms with Crippen LogP contribution in [0.5, 0.6) is 0 Å². The molecule has 0 saturated carbocycles. The number of ether oxygens (including phenoxy) is 1. The Hall–Kier alpha value is -1.59. The molecular weight excluding hydrogens is 282 g/mol. The summed E-state index contributed by atoms with van der Waals surface area (Å²) in [5.74, 6) is 1.76. The molecule has 112 valence electrons. The van der Waals surface area contributed by atoms with E-state index in [9.17, 15) is 0 Å². The van der Waals surface area contributed by atoms with Crippen LogP contribution in [0.3, 0.4) is 0 Å². The second-order valence-electron chi connectivity index (χ2n) is 4.62. The minimum Gasteiger partial charge on any atom is -0.381 e. The molecule has 2 aromatic rings. The van der Waals surface area contributed by atoms with Crippen LogP contribution in [0.15, 0.2) is 42.1 Å². The van der Waals surface area contributed by atoms with E-state index in [0.29, 0.717) is 6.54 Å². The Balaban J connectivity index is 2.21. The summed E-state index contributed by atoms with van der Waals surface area (Å²) in [6.07, 6.45) is 1.87. The highest BCUT2D eigenvalue weighted by molar-refractivity contribution is 7.99. The van der Waals surface area contributed by atoms with Crippen LogP contribution in [0, 0.1) is 6.92 Å². The first-order valence-electron chi connectivity index (χ1n) is 7.08. The lowest BCUT2D eigenvalue weighted by Crippen LogP contribution is -2.02. The summed E-state index contributed by atoms with van der Waals surface area (Å²) >= 11 is 1.66. The van der Waals surface area contributed by atoms with Crippen LogP contribution < -0.4 is 0 Å². The van der Waals surface area contributed by atoms with E-state index < -0.39 is 0 Å². The van der Waals surface area contributed by atoms with Gasteiger partial charge in [-0.15, -0.1) is 16.8 Å². The summed E-state index contributed by atoms with van der Waals surface area (Å²) in [4.78, 5) is 0. The second-order valence-corrected chi connectivity index (χ2v) is 5.68. The molecule has 0 bridgehead atoms. The smallest absolute Gasteiger partial charge is 0.191 e. The first-order chi connectivity index (χ1) is 10.3. The maximum atomic E-state index is 5.36. The van der Waals surface area contributed by atoms with Gasteiger partial charge in [0.25, 0.3) is 0 Å². The van der Waals surface area contributed by atoms with Crippen molar-refractivity contribution in [2.45, 2.75) is 25.5 Å². The first-order valence-corrected chi connectivity index (χ1v) is 8.06. The van der Waals surface area contributed by atoms with Crippen molar-refractivity contribution in [2.75, 3.05) is 19.0 Å². The number of rotatable bonds is 8. The molecule has 21 heavy (non-hydrogen) atoms. The van der Waals surface area contributed by atoms with E-state index >= 15 is 0 Å². The highest BCUT2D eigenvalue weighted by Crippen LogP contribution is 2.24. The van der Waals surface area contributed by atoms with Crippen LogP contribution in [-0.2, 0) is 11.3 Å². The molecule has 0 unspecified atom stereocenters. The van der Waals surface area contributed by atoms with E-state index in [2.05, 4.69) is 46.5 Å². The van der Waals surface area contributed by atoms with Gasteiger partial charge in [-0.2, -0.15) is 0 Å². The van der Waals surface area contributed by atoms with Gasteiger partial charge in [0.15, 0.2) is 11.0 Å². The number of thioether (sulfide) groups is 1. The molecule has 0 spiro atoms. The standard InChI is InChI=1S/C16H21N3OS/c1-4-9-19-15(14-8-6-7-13(3)12-14)17-18-16(19)21-11-10-20-5-2/h4,6-8,12H,1,5,9-11H2,2-3H3. The molecule has 1 aromatic heterocycles. The van der Waals surface area contributed by atoms with Crippen molar-refractivity contribution in [3.8, 4) is 11.4 Å². The highest BCUT2D eigenvalue weighted by Gasteiger charge is 2.13. The van der Waals surface area contributed by atoms with Crippen molar-refractivity contribution >= 4 is 11.8 Å². The summed E-state index contributed by atoms with van der Waals surface area (Å²) in [5, 5.41) is 9.57. The Labute approximate surface area is 130 Å². The molecule has 0 aliphatic carbocycles. The number of nitrogens with zero attached hydrogens (tertiary/aromatic N) is 3. The van der Waals surface area contributed by atoms with Crippen LogP contribution in [-0.4, -0.2) is 33.7 Å². The van der Waals surface area contributed by atoms with Crippen LogP contribution >= 0.6 is 11.8 Å². The number of benzene rings is 1. The molecule has 0 fully saturated rings. The van der Waals surface area contributed by atoms with Gasteiger partial charge < -0.3 is 4.74 Å². The molecule has 0 aliphatic heterocycles. The Morgan fingerprint density at radius 1 is 1.38 bits per heavy atom. The maximum Gasteiger partial charge on any atom is 0.191 e. The van der Waals surface area contributed by atoms with Gasteiger partial charge in [0, 0.05) is 24.5 Å². The van der Waals surface area contributed by atoms with E-state index in [1.165, 1.54) is 5.56 Å². The topological polar surface area (TPSA) is 39.9 Å². The zero-order valence-electron chi connectivity index (χ0n) is 12.6. The number of aromatic nitrogens is 3. The Bertz CT molecular complexity index is 595. The normalized spacial score (nSPS) is 10.8. The Kier molecular flexibility index (Phi) is 6.02. The lowest BCUT2D eigenvalue weighted by Gasteiger charge is -2.08. The predicted octanol–water partition coefficient (Wildman–Crippen LogP) is 3.57. The number of aryl methyl sites for hydroxylation is 1. The van der Waals surface area contributed by atoms with Crippen molar-refractivity contribution in [2.24, 2.45) is 0 Å². The van der Waals surface area contributed by atoms with Crippen LogP contribution in [0.1, 0.15) is 12.5 Å². The summed E-state index contributed by atoms with van der Waals surface area (Å²) < 4.78 is 7.46. The van der Waals surface area contributed by atoms with E-state index in [1.807, 2.05) is 19.1 Å². The van der Waals surface area contributed by atoms with Crippen LogP contribution in [0.4, 0.5) is 0 Å². The average molecular weight is 303 g/mol. The van der Waals surface area contributed by atoms with Gasteiger partial charge in [-0.25, -0.2) is 0 Å². The van der Waals surface area contributed by atoms with Crippen molar-refractivity contribution in [1.82, 2.24) is 14.8 Å². The fraction of sp³-hybridized carbons (Fsp3) is 0.375. The van der Waals surface area contributed by atoms with E-state index in [-0.39, 0.29) is 0 Å². The summed E-state index contributed by atoms with van der Waals surface area (Å²) in [7, 11) is 0. The fourth-order valence-electron chi connectivity index (χ4n) is 2.02. The number of hydrogen-bond donors (Lipinski definition) is 0. The lowest BCUT2D eigenvalue weighted by molar-refractivity contribution is 0.164. The molecule has 0 radical (unpaired) electrons. The monoisotopic (exact) mass is 303 g/mol. The summed E-state index contributed by atoms with van der Waals surface area (Å²) in [6.45, 7) is 10.1. The third kappa shape index (κ3) is 4.19. The van der Waals surface area contributed by atoms with E-state index in [1.54, 1.807) is 11.8 Å². The number of hydrogen-bond acceptors (Lipinski definition) is 4. The molecule has 1 aromatic carbocycles. The molecule has 0 amide bonds. The fourth-order valence-corrected chi connectivity index (χ4v) is 2.82. The molecule has 1 heterocycles. The molecule has 2 rings (SSSR count). The summed E-state index contributed by atoms with van der Waals surface area (Å²) in [6, 6.07) is 8.30. The quantitative estimate of drug-likeness (QED) is 0.425. The number of allylic oxidation sites excluding steroid dienone is 1. The van der Waals surface area contributed by atoms with Crippen molar-refractivity contribution < 1.29 is 4.74 Å². The third-order valence-electron chi connectivity index (χ3n) is 2.97. The van der Waals surface area contributed by atoms with Gasteiger partial charge >= 0.3 is 0 Å². The highest BCUT2D eigenvalue weighted by atomic mass is 32.2. The van der Waals surface area contributed by atoms with Crippen molar-refractivity contribution in [3.05, 3.63) is 42.5 Å². The van der Waals surface area contributed by atoms with Gasteiger partial charge in [0.1, 0.15) is 0 Å². The van der Waals surface area contributed by atoms with Crippen LogP contribution in [0.2, 0.25) is 0 Å². The second kappa shape index (κ2) is 8.00. The minimum absolute atomic E-state index is 0.702. The van der Waals surface area contributed by atoms with Gasteiger partial charge in [-0.3, -0.25) is 4.57 Å². The predicted molar refractivity (Wildman–Crippen MR) is 87.6 cm³/mol. The molecule has 0 atom stereocenters. The molecular formula is C16H21N3OS. The lowest BCUT2D eigenvalue weighted by atomic mass is 10.1. The Morgan fingerprint density at radius 2 is 2.24 bits per heavy atom. The third-order valence-corrected chi connectivity index (χ3v) is 3.90. The summed E-state index contributed by atoms with van der Waals surface area (Å²) in [5.41, 5.74) is 2.30.